The molecule has 36 heavy (non-hydrogen) atoms. The molecule has 0 bridgehead atoms. The van der Waals surface area contributed by atoms with E-state index < -0.39 is 17.7 Å². The fourth-order valence-corrected chi connectivity index (χ4v) is 6.07. The summed E-state index contributed by atoms with van der Waals surface area (Å²) in [6.45, 7) is 4.78. The molecule has 0 saturated carbocycles. The summed E-state index contributed by atoms with van der Waals surface area (Å²) in [7, 11) is 0. The molecular formula is C28H26N2O4S2. The molecule has 1 unspecified atom stereocenters. The first-order chi connectivity index (χ1) is 17.5. The number of benzene rings is 2. The Morgan fingerprint density at radius 3 is 2.67 bits per heavy atom. The largest absolute Gasteiger partial charge is 0.503 e. The molecule has 8 heteroatoms. The Morgan fingerprint density at radius 2 is 1.94 bits per heavy atom. The van der Waals surface area contributed by atoms with Gasteiger partial charge in [0.1, 0.15) is 5.75 Å². The first-order valence-corrected chi connectivity index (χ1v) is 13.6. The fraction of sp³-hybridized carbons (Fsp3) is 0.250. The lowest BCUT2D eigenvalue weighted by Crippen LogP contribution is -2.30. The van der Waals surface area contributed by atoms with Crippen molar-refractivity contribution in [3.63, 3.8) is 0 Å². The van der Waals surface area contributed by atoms with E-state index in [1.165, 1.54) is 27.6 Å². The van der Waals surface area contributed by atoms with Crippen molar-refractivity contribution < 1.29 is 19.4 Å². The maximum atomic E-state index is 13.5. The van der Waals surface area contributed by atoms with Crippen molar-refractivity contribution in [1.82, 2.24) is 4.98 Å². The number of Topliss-reactive ketones (excluding diaryl/α,β-unsaturated/α-hetero) is 1. The Kier molecular flexibility index (Phi) is 6.89. The number of hydrogen-bond donors (Lipinski definition) is 1. The van der Waals surface area contributed by atoms with Gasteiger partial charge in [-0.15, -0.1) is 11.3 Å². The highest BCUT2D eigenvalue weighted by Crippen LogP contribution is 2.44. The summed E-state index contributed by atoms with van der Waals surface area (Å²) in [6, 6.07) is 15.9. The van der Waals surface area contributed by atoms with Gasteiger partial charge in [-0.2, -0.15) is 0 Å². The maximum absolute atomic E-state index is 13.5. The highest BCUT2D eigenvalue weighted by molar-refractivity contribution is 7.22. The van der Waals surface area contributed by atoms with E-state index in [0.29, 0.717) is 22.2 Å². The molecule has 0 spiro atoms. The number of ketones is 1. The molecule has 6 nitrogen and oxygen atoms in total. The van der Waals surface area contributed by atoms with Crippen LogP contribution in [0.4, 0.5) is 5.13 Å². The Balaban J connectivity index is 1.55. The summed E-state index contributed by atoms with van der Waals surface area (Å²) in [5, 5.41) is 13.2. The summed E-state index contributed by atoms with van der Waals surface area (Å²) in [5.74, 6) is -0.801. The molecule has 1 atom stereocenters. The van der Waals surface area contributed by atoms with Crippen LogP contribution in [0.1, 0.15) is 53.0 Å². The number of rotatable bonds is 9. The van der Waals surface area contributed by atoms with Gasteiger partial charge in [-0.3, -0.25) is 14.5 Å². The van der Waals surface area contributed by atoms with Crippen LogP contribution in [0.15, 0.2) is 71.3 Å². The number of thiophene rings is 1. The molecule has 184 valence electrons. The number of amides is 1. The van der Waals surface area contributed by atoms with E-state index in [0.717, 1.165) is 40.8 Å². The minimum atomic E-state index is -0.803. The van der Waals surface area contributed by atoms with Crippen LogP contribution in [0.25, 0.3) is 10.2 Å². The average molecular weight is 519 g/mol. The highest BCUT2D eigenvalue weighted by Gasteiger charge is 2.46. The molecule has 2 aromatic heterocycles. The maximum Gasteiger partial charge on any atom is 0.296 e. The van der Waals surface area contributed by atoms with Gasteiger partial charge in [-0.05, 0) is 60.2 Å². The van der Waals surface area contributed by atoms with Gasteiger partial charge in [0, 0.05) is 0 Å². The number of aliphatic hydroxyl groups excluding tert-OH is 1. The van der Waals surface area contributed by atoms with Crippen molar-refractivity contribution in [3.05, 3.63) is 87.3 Å². The van der Waals surface area contributed by atoms with Crippen molar-refractivity contribution in [2.45, 2.75) is 39.2 Å². The Morgan fingerprint density at radius 1 is 1.14 bits per heavy atom. The van der Waals surface area contributed by atoms with E-state index in [1.807, 2.05) is 49.4 Å². The molecule has 0 saturated heterocycles. The number of nitrogens with zero attached hydrogens (tertiary/aromatic N) is 2. The van der Waals surface area contributed by atoms with Crippen LogP contribution >= 0.6 is 22.7 Å². The summed E-state index contributed by atoms with van der Waals surface area (Å²) in [5.41, 5.74) is 2.62. The number of aromatic nitrogens is 1. The number of fused-ring (bicyclic) bond motifs is 1. The lowest BCUT2D eigenvalue weighted by atomic mass is 9.95. The van der Waals surface area contributed by atoms with E-state index in [4.69, 9.17) is 4.74 Å². The molecular weight excluding hydrogens is 492 g/mol. The zero-order valence-electron chi connectivity index (χ0n) is 20.1. The van der Waals surface area contributed by atoms with Crippen LogP contribution in [-0.2, 0) is 4.79 Å². The number of anilines is 1. The number of unbranched alkanes of at least 4 members (excludes halogenated alkanes) is 2. The molecule has 2 aromatic carbocycles. The monoisotopic (exact) mass is 518 g/mol. The molecule has 0 aliphatic carbocycles. The summed E-state index contributed by atoms with van der Waals surface area (Å²) in [6.07, 6.45) is 3.21. The van der Waals surface area contributed by atoms with Gasteiger partial charge >= 0.3 is 0 Å². The van der Waals surface area contributed by atoms with Gasteiger partial charge in [-0.25, -0.2) is 4.98 Å². The van der Waals surface area contributed by atoms with Crippen LogP contribution < -0.4 is 9.64 Å². The molecule has 1 amide bonds. The summed E-state index contributed by atoms with van der Waals surface area (Å²) < 4.78 is 6.78. The van der Waals surface area contributed by atoms with Gasteiger partial charge in [0.05, 0.1) is 33.3 Å². The molecule has 1 N–H and O–H groups in total. The topological polar surface area (TPSA) is 79.7 Å². The Labute approximate surface area is 217 Å². The number of aliphatic hydroxyl groups is 1. The first-order valence-electron chi connectivity index (χ1n) is 11.9. The zero-order chi connectivity index (χ0) is 25.2. The summed E-state index contributed by atoms with van der Waals surface area (Å²) in [4.78, 5) is 33.5. The van der Waals surface area contributed by atoms with Gasteiger partial charge in [0.25, 0.3) is 5.91 Å². The third-order valence-electron chi connectivity index (χ3n) is 6.15. The standard InChI is InChI=1S/C28H26N2O4S2/c1-3-4-5-14-34-19-11-9-18(10-12-19)24-23(25(31)21-7-6-15-35-21)26(32)27(33)30(24)28-29-20-13-8-17(2)16-22(20)36-28/h6-13,15-16,24,32H,3-5,14H2,1-2H3. The van der Waals surface area contributed by atoms with Crippen molar-refractivity contribution in [2.75, 3.05) is 11.5 Å². The van der Waals surface area contributed by atoms with Crippen molar-refractivity contribution in [3.8, 4) is 5.75 Å². The van der Waals surface area contributed by atoms with Crippen LogP contribution in [-0.4, -0.2) is 28.4 Å². The number of thiazole rings is 1. The van der Waals surface area contributed by atoms with E-state index in [-0.39, 0.29) is 11.4 Å². The Hall–Kier alpha value is -3.49. The third kappa shape index (κ3) is 4.54. The number of aryl methyl sites for hydroxylation is 1. The van der Waals surface area contributed by atoms with E-state index in [9.17, 15) is 14.7 Å². The molecule has 0 fully saturated rings. The quantitative estimate of drug-likeness (QED) is 0.190. The molecule has 3 heterocycles. The average Bonchev–Trinajstić information content (AvgIpc) is 3.61. The lowest BCUT2D eigenvalue weighted by molar-refractivity contribution is -0.117. The van der Waals surface area contributed by atoms with Gasteiger partial charge < -0.3 is 9.84 Å². The normalized spacial score (nSPS) is 15.8. The van der Waals surface area contributed by atoms with Crippen LogP contribution in [0.3, 0.4) is 0 Å². The second kappa shape index (κ2) is 10.2. The minimum absolute atomic E-state index is 0.0644. The van der Waals surface area contributed by atoms with Gasteiger partial charge in [0.15, 0.2) is 10.9 Å². The molecule has 0 radical (unpaired) electrons. The van der Waals surface area contributed by atoms with Crippen LogP contribution in [0.5, 0.6) is 5.75 Å². The number of hydrogen-bond acceptors (Lipinski definition) is 7. The van der Waals surface area contributed by atoms with Gasteiger partial charge in [0.2, 0.25) is 5.78 Å². The van der Waals surface area contributed by atoms with Crippen molar-refractivity contribution in [2.24, 2.45) is 0 Å². The summed E-state index contributed by atoms with van der Waals surface area (Å²) >= 11 is 2.64. The fourth-order valence-electron chi connectivity index (χ4n) is 4.30. The SMILES string of the molecule is CCCCCOc1ccc(C2C(C(=O)c3cccs3)=C(O)C(=O)N2c2nc3ccc(C)cc3s2)cc1. The number of carbonyl (C=O) groups excluding carboxylic acids is 2. The molecule has 5 rings (SSSR count). The lowest BCUT2D eigenvalue weighted by Gasteiger charge is -2.24. The second-order valence-corrected chi connectivity index (χ2v) is 10.7. The molecule has 4 aromatic rings. The van der Waals surface area contributed by atoms with E-state index >= 15 is 0 Å². The number of ether oxygens (including phenoxy) is 1. The van der Waals surface area contributed by atoms with Crippen molar-refractivity contribution >= 4 is 49.7 Å². The van der Waals surface area contributed by atoms with Crippen LogP contribution in [0.2, 0.25) is 0 Å². The smallest absolute Gasteiger partial charge is 0.296 e. The first kappa shape index (κ1) is 24.2. The molecule has 1 aliphatic heterocycles. The third-order valence-corrected chi connectivity index (χ3v) is 8.04. The Bertz CT molecular complexity index is 1440. The predicted octanol–water partition coefficient (Wildman–Crippen LogP) is 7.02. The second-order valence-electron chi connectivity index (χ2n) is 8.74. The van der Waals surface area contributed by atoms with E-state index in [1.54, 1.807) is 17.5 Å². The van der Waals surface area contributed by atoms with Crippen molar-refractivity contribution in [1.29, 1.82) is 0 Å². The number of carbonyl (C=O) groups is 2. The van der Waals surface area contributed by atoms with E-state index in [2.05, 4.69) is 11.9 Å². The minimum Gasteiger partial charge on any atom is -0.503 e. The van der Waals surface area contributed by atoms with Gasteiger partial charge in [-0.1, -0.05) is 55.4 Å². The highest BCUT2D eigenvalue weighted by atomic mass is 32.1. The zero-order valence-corrected chi connectivity index (χ0v) is 21.7. The predicted molar refractivity (Wildman–Crippen MR) is 144 cm³/mol. The molecule has 1 aliphatic rings. The van der Waals surface area contributed by atoms with Crippen LogP contribution in [0, 0.1) is 6.92 Å².